The third kappa shape index (κ3) is 3.51. The standard InChI is InChI=1S/C14H21FN2/c1-11(2)14-10-17(8-7-16-14)9-12-3-5-13(15)6-4-12/h3-6,11,14,16H,7-10H2,1-2H3. The summed E-state index contributed by atoms with van der Waals surface area (Å²) < 4.78 is 12.8. The van der Waals surface area contributed by atoms with Gasteiger partial charge in [-0.1, -0.05) is 26.0 Å². The van der Waals surface area contributed by atoms with Gasteiger partial charge in [0.2, 0.25) is 0 Å². The van der Waals surface area contributed by atoms with Crippen molar-refractivity contribution in [3.63, 3.8) is 0 Å². The summed E-state index contributed by atoms with van der Waals surface area (Å²) >= 11 is 0. The second-order valence-electron chi connectivity index (χ2n) is 5.17. The lowest BCUT2D eigenvalue weighted by Crippen LogP contribution is -2.52. The molecule has 1 aromatic carbocycles. The number of nitrogens with zero attached hydrogens (tertiary/aromatic N) is 1. The van der Waals surface area contributed by atoms with Gasteiger partial charge in [-0.05, 0) is 23.6 Å². The third-order valence-electron chi connectivity index (χ3n) is 3.41. The molecule has 1 aromatic rings. The molecule has 0 spiro atoms. The Morgan fingerprint density at radius 3 is 2.71 bits per heavy atom. The molecule has 94 valence electrons. The van der Waals surface area contributed by atoms with Gasteiger partial charge in [-0.25, -0.2) is 4.39 Å². The van der Waals surface area contributed by atoms with E-state index >= 15 is 0 Å². The summed E-state index contributed by atoms with van der Waals surface area (Å²) in [4.78, 5) is 2.44. The van der Waals surface area contributed by atoms with E-state index in [1.54, 1.807) is 0 Å². The minimum atomic E-state index is -0.158. The van der Waals surface area contributed by atoms with E-state index in [2.05, 4.69) is 24.1 Å². The first-order chi connectivity index (χ1) is 8.15. The third-order valence-corrected chi connectivity index (χ3v) is 3.41. The van der Waals surface area contributed by atoms with E-state index in [1.807, 2.05) is 12.1 Å². The summed E-state index contributed by atoms with van der Waals surface area (Å²) in [6.07, 6.45) is 0. The van der Waals surface area contributed by atoms with Crippen molar-refractivity contribution in [1.29, 1.82) is 0 Å². The molecule has 1 aliphatic heterocycles. The normalized spacial score (nSPS) is 22.0. The smallest absolute Gasteiger partial charge is 0.123 e. The predicted octanol–water partition coefficient (Wildman–Crippen LogP) is 2.26. The number of nitrogens with one attached hydrogen (secondary N) is 1. The van der Waals surface area contributed by atoms with Crippen molar-refractivity contribution in [3.8, 4) is 0 Å². The zero-order valence-corrected chi connectivity index (χ0v) is 10.6. The minimum absolute atomic E-state index is 0.158. The number of rotatable bonds is 3. The van der Waals surface area contributed by atoms with Gasteiger partial charge in [-0.15, -0.1) is 0 Å². The first-order valence-corrected chi connectivity index (χ1v) is 6.35. The number of benzene rings is 1. The second-order valence-corrected chi connectivity index (χ2v) is 5.17. The van der Waals surface area contributed by atoms with Gasteiger partial charge in [0.05, 0.1) is 0 Å². The van der Waals surface area contributed by atoms with Gasteiger partial charge in [-0.2, -0.15) is 0 Å². The number of hydrogen-bond acceptors (Lipinski definition) is 2. The molecule has 1 unspecified atom stereocenters. The van der Waals surface area contributed by atoms with Crippen molar-refractivity contribution < 1.29 is 4.39 Å². The average Bonchev–Trinajstić information content (AvgIpc) is 2.32. The van der Waals surface area contributed by atoms with Crippen molar-refractivity contribution in [2.75, 3.05) is 19.6 Å². The molecular formula is C14H21FN2. The number of hydrogen-bond donors (Lipinski definition) is 1. The van der Waals surface area contributed by atoms with Crippen LogP contribution in [0.15, 0.2) is 24.3 Å². The lowest BCUT2D eigenvalue weighted by atomic mass is 10.0. The summed E-state index contributed by atoms with van der Waals surface area (Å²) in [5.41, 5.74) is 1.19. The Balaban J connectivity index is 1.92. The van der Waals surface area contributed by atoms with E-state index in [9.17, 15) is 4.39 Å². The molecule has 0 aromatic heterocycles. The van der Waals surface area contributed by atoms with Crippen LogP contribution in [0.2, 0.25) is 0 Å². The lowest BCUT2D eigenvalue weighted by molar-refractivity contribution is 0.168. The molecule has 0 aliphatic carbocycles. The zero-order chi connectivity index (χ0) is 12.3. The average molecular weight is 236 g/mol. The van der Waals surface area contributed by atoms with Crippen molar-refractivity contribution in [1.82, 2.24) is 10.2 Å². The van der Waals surface area contributed by atoms with E-state index in [4.69, 9.17) is 0 Å². The van der Waals surface area contributed by atoms with E-state index in [0.29, 0.717) is 12.0 Å². The van der Waals surface area contributed by atoms with E-state index in [-0.39, 0.29) is 5.82 Å². The molecule has 2 rings (SSSR count). The molecule has 1 aliphatic rings. The van der Waals surface area contributed by atoms with Gasteiger partial charge in [0, 0.05) is 32.2 Å². The van der Waals surface area contributed by atoms with Crippen LogP contribution in [0.4, 0.5) is 4.39 Å². The largest absolute Gasteiger partial charge is 0.311 e. The van der Waals surface area contributed by atoms with Crippen LogP contribution in [0.5, 0.6) is 0 Å². The van der Waals surface area contributed by atoms with Gasteiger partial charge in [0.1, 0.15) is 5.82 Å². The fraction of sp³-hybridized carbons (Fsp3) is 0.571. The van der Waals surface area contributed by atoms with Gasteiger partial charge in [-0.3, -0.25) is 4.90 Å². The molecule has 0 bridgehead atoms. The fourth-order valence-corrected chi connectivity index (χ4v) is 2.28. The number of halogens is 1. The van der Waals surface area contributed by atoms with Crippen molar-refractivity contribution in [2.45, 2.75) is 26.4 Å². The summed E-state index contributed by atoms with van der Waals surface area (Å²) in [5, 5.41) is 3.54. The molecule has 1 heterocycles. The highest BCUT2D eigenvalue weighted by Gasteiger charge is 2.21. The first kappa shape index (κ1) is 12.5. The van der Waals surface area contributed by atoms with Crippen LogP contribution in [0.25, 0.3) is 0 Å². The highest BCUT2D eigenvalue weighted by Crippen LogP contribution is 2.12. The molecule has 1 N–H and O–H groups in total. The highest BCUT2D eigenvalue weighted by atomic mass is 19.1. The maximum absolute atomic E-state index is 12.8. The maximum atomic E-state index is 12.8. The Bertz CT molecular complexity index is 348. The van der Waals surface area contributed by atoms with E-state index in [0.717, 1.165) is 26.2 Å². The molecule has 1 atom stereocenters. The molecular weight excluding hydrogens is 215 g/mol. The monoisotopic (exact) mass is 236 g/mol. The maximum Gasteiger partial charge on any atom is 0.123 e. The van der Waals surface area contributed by atoms with Gasteiger partial charge in [0.15, 0.2) is 0 Å². The summed E-state index contributed by atoms with van der Waals surface area (Å²) in [6.45, 7) is 8.61. The highest BCUT2D eigenvalue weighted by molar-refractivity contribution is 5.16. The van der Waals surface area contributed by atoms with Gasteiger partial charge < -0.3 is 5.32 Å². The van der Waals surface area contributed by atoms with Crippen molar-refractivity contribution in [2.24, 2.45) is 5.92 Å². The van der Waals surface area contributed by atoms with Crippen LogP contribution in [0.3, 0.4) is 0 Å². The van der Waals surface area contributed by atoms with Crippen LogP contribution >= 0.6 is 0 Å². The zero-order valence-electron chi connectivity index (χ0n) is 10.6. The van der Waals surface area contributed by atoms with E-state index < -0.39 is 0 Å². The SMILES string of the molecule is CC(C)C1CN(Cc2ccc(F)cc2)CCN1. The minimum Gasteiger partial charge on any atom is -0.311 e. The molecule has 17 heavy (non-hydrogen) atoms. The van der Waals surface area contributed by atoms with Crippen LogP contribution in [-0.2, 0) is 6.54 Å². The Hall–Kier alpha value is -0.930. The van der Waals surface area contributed by atoms with Crippen LogP contribution in [-0.4, -0.2) is 30.6 Å². The summed E-state index contributed by atoms with van der Waals surface area (Å²) in [5.74, 6) is 0.500. The lowest BCUT2D eigenvalue weighted by Gasteiger charge is -2.35. The topological polar surface area (TPSA) is 15.3 Å². The molecule has 1 saturated heterocycles. The van der Waals surface area contributed by atoms with E-state index in [1.165, 1.54) is 17.7 Å². The Labute approximate surface area is 103 Å². The van der Waals surface area contributed by atoms with Gasteiger partial charge >= 0.3 is 0 Å². The summed E-state index contributed by atoms with van der Waals surface area (Å²) in [7, 11) is 0. The Kier molecular flexibility index (Phi) is 4.13. The molecule has 2 nitrogen and oxygen atoms in total. The quantitative estimate of drug-likeness (QED) is 0.866. The van der Waals surface area contributed by atoms with Crippen LogP contribution in [0, 0.1) is 11.7 Å². The predicted molar refractivity (Wildman–Crippen MR) is 68.3 cm³/mol. The van der Waals surface area contributed by atoms with Gasteiger partial charge in [0.25, 0.3) is 0 Å². The van der Waals surface area contributed by atoms with Crippen LogP contribution < -0.4 is 5.32 Å². The van der Waals surface area contributed by atoms with Crippen molar-refractivity contribution in [3.05, 3.63) is 35.6 Å². The van der Waals surface area contributed by atoms with Crippen molar-refractivity contribution >= 4 is 0 Å². The summed E-state index contributed by atoms with van der Waals surface area (Å²) in [6, 6.07) is 7.41. The number of piperazine rings is 1. The fourth-order valence-electron chi connectivity index (χ4n) is 2.28. The molecule has 1 fully saturated rings. The van der Waals surface area contributed by atoms with Crippen LogP contribution in [0.1, 0.15) is 19.4 Å². The Morgan fingerprint density at radius 1 is 1.35 bits per heavy atom. The molecule has 0 amide bonds. The molecule has 3 heteroatoms. The second kappa shape index (κ2) is 5.61. The molecule has 0 radical (unpaired) electrons. The molecule has 0 saturated carbocycles. The first-order valence-electron chi connectivity index (χ1n) is 6.35. The Morgan fingerprint density at radius 2 is 2.06 bits per heavy atom.